The SMILES string of the molecule is CC#C[C@@H](CC(=O)OC)c1ccc(O[C@@H]2CCc3c2ccc(OC)c3-c2ccc(OC3CCOCC3)nc2)cc1. The Balaban J connectivity index is 1.33. The highest BCUT2D eigenvalue weighted by Gasteiger charge is 2.29. The monoisotopic (exact) mass is 541 g/mol. The highest BCUT2D eigenvalue weighted by molar-refractivity contribution is 5.76. The number of esters is 1. The first-order valence-corrected chi connectivity index (χ1v) is 13.8. The lowest BCUT2D eigenvalue weighted by Gasteiger charge is -2.22. The van der Waals surface area contributed by atoms with Gasteiger partial charge in [0.2, 0.25) is 5.88 Å². The van der Waals surface area contributed by atoms with Crippen molar-refractivity contribution in [2.45, 2.75) is 57.2 Å². The van der Waals surface area contributed by atoms with Crippen LogP contribution in [0.5, 0.6) is 17.4 Å². The van der Waals surface area contributed by atoms with Crippen molar-refractivity contribution >= 4 is 5.97 Å². The summed E-state index contributed by atoms with van der Waals surface area (Å²) in [6, 6.07) is 15.9. The van der Waals surface area contributed by atoms with Crippen LogP contribution in [0.2, 0.25) is 0 Å². The molecule has 208 valence electrons. The van der Waals surface area contributed by atoms with Crippen LogP contribution in [-0.2, 0) is 20.7 Å². The van der Waals surface area contributed by atoms with Crippen LogP contribution in [0.15, 0.2) is 54.7 Å². The van der Waals surface area contributed by atoms with Gasteiger partial charge in [-0.2, -0.15) is 0 Å². The predicted octanol–water partition coefficient (Wildman–Crippen LogP) is 6.05. The maximum Gasteiger partial charge on any atom is 0.307 e. The van der Waals surface area contributed by atoms with Crippen LogP contribution in [0.4, 0.5) is 0 Å². The number of rotatable bonds is 9. The first-order chi connectivity index (χ1) is 19.6. The van der Waals surface area contributed by atoms with Gasteiger partial charge in [0.05, 0.1) is 39.8 Å². The molecule has 7 heteroatoms. The molecule has 40 heavy (non-hydrogen) atoms. The fourth-order valence-electron chi connectivity index (χ4n) is 5.44. The Kier molecular flexibility index (Phi) is 8.87. The van der Waals surface area contributed by atoms with Gasteiger partial charge in [0, 0.05) is 36.2 Å². The van der Waals surface area contributed by atoms with Gasteiger partial charge >= 0.3 is 5.97 Å². The number of nitrogens with zero attached hydrogens (tertiary/aromatic N) is 1. The van der Waals surface area contributed by atoms with Crippen molar-refractivity contribution in [3.63, 3.8) is 0 Å². The molecule has 0 bridgehead atoms. The van der Waals surface area contributed by atoms with Crippen LogP contribution in [-0.4, -0.2) is 44.5 Å². The third kappa shape index (κ3) is 6.24. The molecule has 2 atom stereocenters. The third-order valence-electron chi connectivity index (χ3n) is 7.49. The average Bonchev–Trinajstić information content (AvgIpc) is 3.40. The zero-order chi connectivity index (χ0) is 27.9. The molecule has 1 saturated heterocycles. The van der Waals surface area contributed by atoms with Gasteiger partial charge in [0.1, 0.15) is 23.7 Å². The average molecular weight is 542 g/mol. The molecular weight excluding hydrogens is 506 g/mol. The van der Waals surface area contributed by atoms with Crippen molar-refractivity contribution in [3.05, 3.63) is 71.4 Å². The molecule has 7 nitrogen and oxygen atoms in total. The van der Waals surface area contributed by atoms with Gasteiger partial charge in [-0.25, -0.2) is 4.98 Å². The Morgan fingerprint density at radius 2 is 1.82 bits per heavy atom. The molecule has 1 aromatic heterocycles. The topological polar surface area (TPSA) is 76.1 Å². The van der Waals surface area contributed by atoms with E-state index in [1.165, 1.54) is 12.7 Å². The highest BCUT2D eigenvalue weighted by atomic mass is 16.5. The van der Waals surface area contributed by atoms with E-state index >= 15 is 0 Å². The number of methoxy groups -OCH3 is 2. The fourth-order valence-corrected chi connectivity index (χ4v) is 5.44. The van der Waals surface area contributed by atoms with Crippen molar-refractivity contribution in [2.75, 3.05) is 27.4 Å². The Morgan fingerprint density at radius 1 is 1.02 bits per heavy atom. The van der Waals surface area contributed by atoms with E-state index in [2.05, 4.69) is 29.0 Å². The summed E-state index contributed by atoms with van der Waals surface area (Å²) in [5.74, 6) is 7.75. The van der Waals surface area contributed by atoms with Crippen molar-refractivity contribution < 1.29 is 28.5 Å². The third-order valence-corrected chi connectivity index (χ3v) is 7.49. The molecule has 0 amide bonds. The van der Waals surface area contributed by atoms with Gasteiger partial charge < -0.3 is 23.7 Å². The summed E-state index contributed by atoms with van der Waals surface area (Å²) in [5, 5.41) is 0. The second-order valence-corrected chi connectivity index (χ2v) is 9.97. The van der Waals surface area contributed by atoms with Crippen LogP contribution in [0.3, 0.4) is 0 Å². The molecule has 5 rings (SSSR count). The summed E-state index contributed by atoms with van der Waals surface area (Å²) in [6.07, 6.45) is 5.66. The number of ether oxygens (including phenoxy) is 5. The molecule has 2 aromatic carbocycles. The minimum Gasteiger partial charge on any atom is -0.496 e. The molecule has 0 radical (unpaired) electrons. The molecule has 1 aliphatic heterocycles. The molecule has 3 aromatic rings. The normalized spacial score (nSPS) is 17.2. The maximum atomic E-state index is 11.8. The summed E-state index contributed by atoms with van der Waals surface area (Å²) in [4.78, 5) is 16.4. The summed E-state index contributed by atoms with van der Waals surface area (Å²) >= 11 is 0. The first-order valence-electron chi connectivity index (χ1n) is 13.8. The van der Waals surface area contributed by atoms with E-state index in [9.17, 15) is 4.79 Å². The van der Waals surface area contributed by atoms with Crippen molar-refractivity contribution in [2.24, 2.45) is 0 Å². The molecular formula is C33H35NO6. The van der Waals surface area contributed by atoms with Crippen molar-refractivity contribution in [1.29, 1.82) is 0 Å². The van der Waals surface area contributed by atoms with Gasteiger partial charge in [-0.05, 0) is 60.7 Å². The Bertz CT molecular complexity index is 1370. The maximum absolute atomic E-state index is 11.8. The Hall–Kier alpha value is -4.02. The quantitative estimate of drug-likeness (QED) is 0.241. The van der Waals surface area contributed by atoms with Gasteiger partial charge in [0.15, 0.2) is 0 Å². The van der Waals surface area contributed by atoms with E-state index in [0.717, 1.165) is 72.6 Å². The van der Waals surface area contributed by atoms with Crippen LogP contribution in [0.25, 0.3) is 11.1 Å². The second kappa shape index (κ2) is 12.9. The molecule has 0 saturated carbocycles. The smallest absolute Gasteiger partial charge is 0.307 e. The number of carbonyl (C=O) groups is 1. The van der Waals surface area contributed by atoms with Gasteiger partial charge in [-0.15, -0.1) is 5.92 Å². The number of hydrogen-bond acceptors (Lipinski definition) is 7. The zero-order valence-corrected chi connectivity index (χ0v) is 23.3. The summed E-state index contributed by atoms with van der Waals surface area (Å²) < 4.78 is 28.5. The van der Waals surface area contributed by atoms with E-state index < -0.39 is 0 Å². The molecule has 2 aliphatic rings. The number of aromatic nitrogens is 1. The van der Waals surface area contributed by atoms with Gasteiger partial charge in [0.25, 0.3) is 0 Å². The van der Waals surface area contributed by atoms with Crippen LogP contribution < -0.4 is 14.2 Å². The molecule has 0 unspecified atom stereocenters. The second-order valence-electron chi connectivity index (χ2n) is 9.97. The number of carbonyl (C=O) groups excluding carboxylic acids is 1. The van der Waals surface area contributed by atoms with Crippen LogP contribution >= 0.6 is 0 Å². The summed E-state index contributed by atoms with van der Waals surface area (Å²) in [5.41, 5.74) is 5.38. The Labute approximate surface area is 235 Å². The minimum atomic E-state index is -0.279. The van der Waals surface area contributed by atoms with Crippen LogP contribution in [0, 0.1) is 11.8 Å². The lowest BCUT2D eigenvalue weighted by Crippen LogP contribution is -2.26. The Morgan fingerprint density at radius 3 is 2.50 bits per heavy atom. The lowest BCUT2D eigenvalue weighted by molar-refractivity contribution is -0.140. The van der Waals surface area contributed by atoms with Crippen molar-refractivity contribution in [1.82, 2.24) is 4.98 Å². The van der Waals surface area contributed by atoms with Gasteiger partial charge in [-0.1, -0.05) is 24.1 Å². The summed E-state index contributed by atoms with van der Waals surface area (Å²) in [7, 11) is 3.09. The number of benzene rings is 2. The van der Waals surface area contributed by atoms with E-state index in [-0.39, 0.29) is 30.5 Å². The number of hydrogen-bond donors (Lipinski definition) is 0. The number of pyridine rings is 1. The molecule has 1 fully saturated rings. The molecule has 1 aliphatic carbocycles. The predicted molar refractivity (Wildman–Crippen MR) is 152 cm³/mol. The minimum absolute atomic E-state index is 0.0732. The lowest BCUT2D eigenvalue weighted by atomic mass is 9.96. The van der Waals surface area contributed by atoms with Crippen LogP contribution in [0.1, 0.15) is 61.3 Å². The van der Waals surface area contributed by atoms with E-state index in [1.54, 1.807) is 14.0 Å². The van der Waals surface area contributed by atoms with E-state index in [4.69, 9.17) is 23.7 Å². The zero-order valence-electron chi connectivity index (χ0n) is 23.3. The molecule has 0 N–H and O–H groups in total. The molecule has 0 spiro atoms. The van der Waals surface area contributed by atoms with E-state index in [0.29, 0.717) is 5.88 Å². The highest BCUT2D eigenvalue weighted by Crippen LogP contribution is 2.44. The standard InChI is InChI=1S/C33H35NO6/c1-4-5-23(20-32(35)37-3)22-6-9-25(10-7-22)39-29-13-12-28-27(29)11-14-30(36-2)33(28)24-8-15-31(34-21-24)40-26-16-18-38-19-17-26/h6-11,14-15,21,23,26,29H,12-13,16-20H2,1-3H3/t23-,29+/m0/s1. The van der Waals surface area contributed by atoms with E-state index in [1.807, 2.05) is 42.6 Å². The largest absolute Gasteiger partial charge is 0.496 e. The van der Waals surface area contributed by atoms with Crippen molar-refractivity contribution in [3.8, 4) is 40.3 Å². The first kappa shape index (κ1) is 27.5. The summed E-state index contributed by atoms with van der Waals surface area (Å²) in [6.45, 7) is 3.23. The molecule has 2 heterocycles. The fraction of sp³-hybridized carbons (Fsp3) is 0.394. The number of fused-ring (bicyclic) bond motifs is 1. The van der Waals surface area contributed by atoms with Gasteiger partial charge in [-0.3, -0.25) is 4.79 Å².